The lowest BCUT2D eigenvalue weighted by Gasteiger charge is -2.07. The lowest BCUT2D eigenvalue weighted by molar-refractivity contribution is -0.0327. The molecule has 11 heteroatoms. The molecule has 1 aromatic heterocycles. The van der Waals surface area contributed by atoms with Crippen molar-refractivity contribution in [1.82, 2.24) is 15.6 Å². The van der Waals surface area contributed by atoms with Crippen LogP contribution in [0.15, 0.2) is 0 Å². The van der Waals surface area contributed by atoms with Crippen LogP contribution in [-0.4, -0.2) is 39.9 Å². The maximum Gasteiger partial charge on any atom is 0.441 e. The van der Waals surface area contributed by atoms with E-state index in [1.54, 1.807) is 0 Å². The number of thiazole rings is 1. The Kier molecular flexibility index (Phi) is 6.27. The van der Waals surface area contributed by atoms with E-state index in [1.807, 2.05) is 0 Å². The second-order valence-electron chi connectivity index (χ2n) is 3.73. The van der Waals surface area contributed by atoms with E-state index < -0.39 is 17.5 Å². The van der Waals surface area contributed by atoms with E-state index in [1.165, 1.54) is 6.92 Å². The summed E-state index contributed by atoms with van der Waals surface area (Å²) >= 11 is 0.716. The summed E-state index contributed by atoms with van der Waals surface area (Å²) in [5.74, 6) is -1.37. The Morgan fingerprint density at radius 2 is 2.05 bits per heavy atom. The number of alkyl halides is 3. The molecule has 0 aliphatic heterocycles. The topological polar surface area (TPSA) is 91.3 Å². The molecule has 1 aromatic rings. The first-order chi connectivity index (χ1) is 9.69. The van der Waals surface area contributed by atoms with Crippen molar-refractivity contribution in [2.24, 2.45) is 0 Å². The number of aromatic carboxylic acids is 1. The standard InChI is InChI=1S/C10H12F3N3O3S2/c1-5-7(8(17)18)21-6(16-5)4-15-9(19)14-2-3-20-10(11,12)13/h2-4H2,1H3,(H,17,18)(H2,14,15,19). The molecule has 0 spiro atoms. The van der Waals surface area contributed by atoms with Crippen molar-refractivity contribution in [3.05, 3.63) is 15.6 Å². The Bertz CT molecular complexity index is 519. The van der Waals surface area contributed by atoms with Crippen LogP contribution in [0.1, 0.15) is 20.4 Å². The number of rotatable bonds is 6. The number of thioether (sulfide) groups is 1. The van der Waals surface area contributed by atoms with E-state index in [2.05, 4.69) is 15.6 Å². The molecule has 0 aliphatic rings. The fraction of sp³-hybridized carbons (Fsp3) is 0.500. The van der Waals surface area contributed by atoms with Gasteiger partial charge in [-0.3, -0.25) is 0 Å². The summed E-state index contributed by atoms with van der Waals surface area (Å²) in [7, 11) is 0. The van der Waals surface area contributed by atoms with E-state index in [-0.39, 0.29) is 35.5 Å². The van der Waals surface area contributed by atoms with Gasteiger partial charge in [0.25, 0.3) is 0 Å². The second kappa shape index (κ2) is 7.50. The summed E-state index contributed by atoms with van der Waals surface area (Å²) in [6.45, 7) is 1.42. The zero-order valence-corrected chi connectivity index (χ0v) is 12.4. The average Bonchev–Trinajstić information content (AvgIpc) is 2.72. The first kappa shape index (κ1) is 17.6. The number of aryl methyl sites for hydroxylation is 1. The third-order valence-electron chi connectivity index (χ3n) is 2.09. The summed E-state index contributed by atoms with van der Waals surface area (Å²) in [4.78, 5) is 26.2. The van der Waals surface area contributed by atoms with E-state index in [0.29, 0.717) is 10.7 Å². The minimum absolute atomic E-state index is 0.0109. The monoisotopic (exact) mass is 343 g/mol. The fourth-order valence-electron chi connectivity index (χ4n) is 1.28. The molecule has 118 valence electrons. The summed E-state index contributed by atoms with van der Waals surface area (Å²) in [5.41, 5.74) is -3.96. The maximum absolute atomic E-state index is 11.8. The van der Waals surface area contributed by atoms with Gasteiger partial charge in [-0.2, -0.15) is 13.2 Å². The lowest BCUT2D eigenvalue weighted by Crippen LogP contribution is -2.36. The molecule has 0 aliphatic carbocycles. The highest BCUT2D eigenvalue weighted by Crippen LogP contribution is 2.29. The van der Waals surface area contributed by atoms with Crippen LogP contribution < -0.4 is 10.6 Å². The van der Waals surface area contributed by atoms with Crippen molar-refractivity contribution in [2.45, 2.75) is 19.0 Å². The van der Waals surface area contributed by atoms with E-state index in [0.717, 1.165) is 11.3 Å². The number of nitrogens with one attached hydrogen (secondary N) is 2. The number of carbonyl (C=O) groups excluding carboxylic acids is 1. The molecule has 0 radical (unpaired) electrons. The van der Waals surface area contributed by atoms with Crippen LogP contribution >= 0.6 is 23.1 Å². The summed E-state index contributed by atoms with van der Waals surface area (Å²) in [5, 5.41) is 13.9. The third-order valence-corrected chi connectivity index (χ3v) is 3.97. The second-order valence-corrected chi connectivity index (χ2v) is 5.97. The smallest absolute Gasteiger partial charge is 0.441 e. The zero-order chi connectivity index (χ0) is 16.0. The number of hydrogen-bond donors (Lipinski definition) is 3. The predicted molar refractivity (Wildman–Crippen MR) is 72.6 cm³/mol. The van der Waals surface area contributed by atoms with Crippen LogP contribution in [0.4, 0.5) is 18.0 Å². The first-order valence-corrected chi connectivity index (χ1v) is 7.41. The normalized spacial score (nSPS) is 11.2. The van der Waals surface area contributed by atoms with Crippen molar-refractivity contribution >= 4 is 35.1 Å². The molecule has 0 saturated heterocycles. The van der Waals surface area contributed by atoms with Gasteiger partial charge >= 0.3 is 17.5 Å². The molecular weight excluding hydrogens is 331 g/mol. The Labute approximate surface area is 126 Å². The fourth-order valence-corrected chi connectivity index (χ4v) is 2.55. The zero-order valence-electron chi connectivity index (χ0n) is 10.8. The van der Waals surface area contributed by atoms with Gasteiger partial charge < -0.3 is 15.7 Å². The molecule has 21 heavy (non-hydrogen) atoms. The van der Waals surface area contributed by atoms with Gasteiger partial charge in [-0.25, -0.2) is 14.6 Å². The van der Waals surface area contributed by atoms with Gasteiger partial charge in [-0.15, -0.1) is 11.3 Å². The molecule has 0 fully saturated rings. The number of halogens is 3. The first-order valence-electron chi connectivity index (χ1n) is 5.61. The molecule has 0 atom stereocenters. The Morgan fingerprint density at radius 3 is 2.57 bits per heavy atom. The molecule has 1 rings (SSSR count). The highest BCUT2D eigenvalue weighted by molar-refractivity contribution is 8.00. The van der Waals surface area contributed by atoms with Crippen LogP contribution in [0.2, 0.25) is 0 Å². The Balaban J connectivity index is 2.30. The van der Waals surface area contributed by atoms with Gasteiger partial charge in [-0.1, -0.05) is 0 Å². The number of carboxylic acids is 1. The van der Waals surface area contributed by atoms with Crippen molar-refractivity contribution in [1.29, 1.82) is 0 Å². The van der Waals surface area contributed by atoms with Crippen molar-refractivity contribution in [3.63, 3.8) is 0 Å². The predicted octanol–water partition coefficient (Wildman–Crippen LogP) is 2.20. The SMILES string of the molecule is Cc1nc(CNC(=O)NCCSC(F)(F)F)sc1C(=O)O. The van der Waals surface area contributed by atoms with Crippen LogP contribution in [-0.2, 0) is 6.54 Å². The third kappa shape index (κ3) is 6.67. The summed E-state index contributed by atoms with van der Waals surface area (Å²) in [6, 6.07) is -0.637. The van der Waals surface area contributed by atoms with E-state index in [9.17, 15) is 22.8 Å². The molecule has 0 bridgehead atoms. The highest BCUT2D eigenvalue weighted by atomic mass is 32.2. The summed E-state index contributed by atoms with van der Waals surface area (Å²) in [6.07, 6.45) is 0. The van der Waals surface area contributed by atoms with Gasteiger partial charge in [0, 0.05) is 12.3 Å². The number of carbonyl (C=O) groups is 2. The van der Waals surface area contributed by atoms with E-state index >= 15 is 0 Å². The lowest BCUT2D eigenvalue weighted by atomic mass is 10.4. The number of urea groups is 1. The molecule has 3 N–H and O–H groups in total. The largest absolute Gasteiger partial charge is 0.477 e. The van der Waals surface area contributed by atoms with Gasteiger partial charge in [0.1, 0.15) is 9.88 Å². The Morgan fingerprint density at radius 1 is 1.38 bits per heavy atom. The van der Waals surface area contributed by atoms with Gasteiger partial charge in [0.2, 0.25) is 0 Å². The molecular formula is C10H12F3N3O3S2. The molecule has 2 amide bonds. The number of nitrogens with zero attached hydrogens (tertiary/aromatic N) is 1. The van der Waals surface area contributed by atoms with Crippen LogP contribution in [0.3, 0.4) is 0 Å². The van der Waals surface area contributed by atoms with Crippen LogP contribution in [0, 0.1) is 6.92 Å². The van der Waals surface area contributed by atoms with Crippen molar-refractivity contribution in [2.75, 3.05) is 12.3 Å². The minimum Gasteiger partial charge on any atom is -0.477 e. The average molecular weight is 343 g/mol. The molecule has 1 heterocycles. The molecule has 0 unspecified atom stereocenters. The van der Waals surface area contributed by atoms with Crippen LogP contribution in [0.25, 0.3) is 0 Å². The van der Waals surface area contributed by atoms with E-state index in [4.69, 9.17) is 5.11 Å². The minimum atomic E-state index is -4.32. The summed E-state index contributed by atoms with van der Waals surface area (Å²) < 4.78 is 35.5. The van der Waals surface area contributed by atoms with Gasteiger partial charge in [0.05, 0.1) is 12.2 Å². The molecule has 6 nitrogen and oxygen atoms in total. The molecule has 0 aromatic carbocycles. The van der Waals surface area contributed by atoms with Crippen LogP contribution in [0.5, 0.6) is 0 Å². The number of carboxylic acid groups (broad SMARTS) is 1. The number of aromatic nitrogens is 1. The maximum atomic E-state index is 11.8. The van der Waals surface area contributed by atoms with Gasteiger partial charge in [0.15, 0.2) is 0 Å². The number of amides is 2. The Hall–Kier alpha value is -1.49. The van der Waals surface area contributed by atoms with Crippen molar-refractivity contribution < 1.29 is 27.9 Å². The molecule has 0 saturated carbocycles. The van der Waals surface area contributed by atoms with Gasteiger partial charge in [-0.05, 0) is 18.7 Å². The quantitative estimate of drug-likeness (QED) is 0.689. The van der Waals surface area contributed by atoms with Crippen molar-refractivity contribution in [3.8, 4) is 0 Å². The number of hydrogen-bond acceptors (Lipinski definition) is 5. The highest BCUT2D eigenvalue weighted by Gasteiger charge is 2.27.